The van der Waals surface area contributed by atoms with Crippen molar-refractivity contribution >= 4 is 17.8 Å². The molecule has 1 aromatic heterocycles. The highest BCUT2D eigenvalue weighted by molar-refractivity contribution is 5.43. The van der Waals surface area contributed by atoms with Crippen molar-refractivity contribution in [1.82, 2.24) is 15.0 Å². The molecule has 7 nitrogen and oxygen atoms in total. The van der Waals surface area contributed by atoms with Gasteiger partial charge >= 0.3 is 0 Å². The molecule has 4 rings (SSSR count). The fourth-order valence-electron chi connectivity index (χ4n) is 3.03. The minimum atomic E-state index is 0.291. The van der Waals surface area contributed by atoms with Crippen LogP contribution >= 0.6 is 0 Å². The number of rotatable bonds is 5. The quantitative estimate of drug-likeness (QED) is 0.832. The van der Waals surface area contributed by atoms with Crippen molar-refractivity contribution in [2.75, 3.05) is 42.3 Å². The number of hydrogen-bond donors (Lipinski definition) is 2. The molecular formula is C14H22N6O. The van der Waals surface area contributed by atoms with Crippen LogP contribution in [0.2, 0.25) is 0 Å². The Bertz CT molecular complexity index is 498. The zero-order valence-electron chi connectivity index (χ0n) is 12.2. The van der Waals surface area contributed by atoms with Crippen LogP contribution in [-0.4, -0.2) is 47.3 Å². The van der Waals surface area contributed by atoms with Crippen molar-refractivity contribution in [3.8, 4) is 0 Å². The Morgan fingerprint density at radius 2 is 1.71 bits per heavy atom. The number of anilines is 3. The molecule has 0 spiro atoms. The zero-order chi connectivity index (χ0) is 14.2. The molecule has 1 aliphatic heterocycles. The molecule has 114 valence electrons. The maximum atomic E-state index is 5.87. The molecule has 3 aliphatic rings. The van der Waals surface area contributed by atoms with E-state index < -0.39 is 0 Å². The van der Waals surface area contributed by atoms with Gasteiger partial charge in [0, 0.05) is 19.1 Å². The Morgan fingerprint density at radius 1 is 1.05 bits per heavy atom. The first-order valence-corrected chi connectivity index (χ1v) is 7.90. The number of nitrogen functional groups attached to an aromatic ring is 1. The van der Waals surface area contributed by atoms with E-state index in [2.05, 4.69) is 25.2 Å². The van der Waals surface area contributed by atoms with Crippen molar-refractivity contribution in [2.24, 2.45) is 11.8 Å². The minimum absolute atomic E-state index is 0.291. The molecule has 0 atom stereocenters. The highest BCUT2D eigenvalue weighted by Gasteiger charge is 2.41. The second kappa shape index (κ2) is 5.29. The molecule has 3 fully saturated rings. The third kappa shape index (κ3) is 3.02. The Hall–Kier alpha value is -1.63. The highest BCUT2D eigenvalue weighted by atomic mass is 16.5. The van der Waals surface area contributed by atoms with Gasteiger partial charge in [0.2, 0.25) is 17.8 Å². The highest BCUT2D eigenvalue weighted by Crippen LogP contribution is 2.45. The predicted molar refractivity (Wildman–Crippen MR) is 80.1 cm³/mol. The Balaban J connectivity index is 1.52. The van der Waals surface area contributed by atoms with Crippen LogP contribution in [0.4, 0.5) is 17.8 Å². The van der Waals surface area contributed by atoms with E-state index in [1.165, 1.54) is 25.7 Å². The number of nitrogens with one attached hydrogen (secondary N) is 1. The molecule has 2 saturated carbocycles. The average Bonchev–Trinajstić information content (AvgIpc) is 3.39. The summed E-state index contributed by atoms with van der Waals surface area (Å²) >= 11 is 0. The minimum Gasteiger partial charge on any atom is -0.378 e. The summed E-state index contributed by atoms with van der Waals surface area (Å²) in [6.45, 7) is 3.03. The van der Waals surface area contributed by atoms with Crippen LogP contribution in [0.3, 0.4) is 0 Å². The van der Waals surface area contributed by atoms with Crippen molar-refractivity contribution < 1.29 is 4.74 Å². The molecule has 1 saturated heterocycles. The Morgan fingerprint density at radius 3 is 2.33 bits per heavy atom. The van der Waals surface area contributed by atoms with Gasteiger partial charge in [-0.15, -0.1) is 0 Å². The van der Waals surface area contributed by atoms with Gasteiger partial charge < -0.3 is 20.7 Å². The van der Waals surface area contributed by atoms with Gasteiger partial charge in [0.25, 0.3) is 0 Å². The second-order valence-electron chi connectivity index (χ2n) is 6.26. The van der Waals surface area contributed by atoms with Crippen LogP contribution in [0.15, 0.2) is 0 Å². The molecule has 0 radical (unpaired) electrons. The lowest BCUT2D eigenvalue weighted by atomic mass is 10.1. The van der Waals surface area contributed by atoms with E-state index in [4.69, 9.17) is 10.5 Å². The molecule has 2 heterocycles. The fourth-order valence-corrected chi connectivity index (χ4v) is 3.03. The van der Waals surface area contributed by atoms with Crippen molar-refractivity contribution in [1.29, 1.82) is 0 Å². The first kappa shape index (κ1) is 13.1. The lowest BCUT2D eigenvalue weighted by molar-refractivity contribution is 0.122. The van der Waals surface area contributed by atoms with Crippen molar-refractivity contribution in [2.45, 2.75) is 31.7 Å². The van der Waals surface area contributed by atoms with Gasteiger partial charge in [0.05, 0.1) is 13.2 Å². The predicted octanol–water partition coefficient (Wildman–Crippen LogP) is 0.891. The smallest absolute Gasteiger partial charge is 0.232 e. The summed E-state index contributed by atoms with van der Waals surface area (Å²) in [6, 6.07) is 0.518. The summed E-state index contributed by atoms with van der Waals surface area (Å²) in [6.07, 6.45) is 5.30. The molecule has 0 bridgehead atoms. The Labute approximate surface area is 124 Å². The lowest BCUT2D eigenvalue weighted by Gasteiger charge is -2.27. The molecule has 1 aromatic rings. The van der Waals surface area contributed by atoms with Gasteiger partial charge in [-0.2, -0.15) is 15.0 Å². The van der Waals surface area contributed by atoms with Gasteiger partial charge in [-0.05, 0) is 37.5 Å². The molecule has 7 heteroatoms. The number of morpholine rings is 1. The molecule has 0 aromatic carbocycles. The molecule has 3 N–H and O–H groups in total. The van der Waals surface area contributed by atoms with Gasteiger partial charge in [0.15, 0.2) is 0 Å². The molecule has 21 heavy (non-hydrogen) atoms. The first-order valence-electron chi connectivity index (χ1n) is 7.90. The van der Waals surface area contributed by atoms with Crippen molar-refractivity contribution in [3.63, 3.8) is 0 Å². The summed E-state index contributed by atoms with van der Waals surface area (Å²) in [5, 5.41) is 3.52. The maximum Gasteiger partial charge on any atom is 0.232 e. The van der Waals surface area contributed by atoms with Crippen molar-refractivity contribution in [3.05, 3.63) is 0 Å². The summed E-state index contributed by atoms with van der Waals surface area (Å²) in [7, 11) is 0. The Kier molecular flexibility index (Phi) is 3.29. The van der Waals surface area contributed by atoms with E-state index in [-0.39, 0.29) is 0 Å². The second-order valence-corrected chi connectivity index (χ2v) is 6.26. The normalized spacial score (nSPS) is 22.6. The standard InChI is InChI=1S/C14H22N6O/c15-12-17-13(16-11(9-1-2-9)10-3-4-10)19-14(18-12)20-5-7-21-8-6-20/h9-11H,1-8H2,(H3,15,16,17,18,19). The van der Waals surface area contributed by atoms with E-state index >= 15 is 0 Å². The monoisotopic (exact) mass is 290 g/mol. The third-order valence-corrected chi connectivity index (χ3v) is 4.49. The number of ether oxygens (including phenoxy) is 1. The largest absolute Gasteiger partial charge is 0.378 e. The van der Waals surface area contributed by atoms with Crippen LogP contribution in [0.1, 0.15) is 25.7 Å². The number of nitrogens with two attached hydrogens (primary N) is 1. The van der Waals surface area contributed by atoms with E-state index in [1.807, 2.05) is 0 Å². The van der Waals surface area contributed by atoms with E-state index in [0.717, 1.165) is 24.9 Å². The average molecular weight is 290 g/mol. The summed E-state index contributed by atoms with van der Waals surface area (Å²) in [4.78, 5) is 15.2. The molecule has 2 aliphatic carbocycles. The SMILES string of the molecule is Nc1nc(NC(C2CC2)C2CC2)nc(N2CCOCC2)n1. The van der Waals surface area contributed by atoms with Crippen LogP contribution in [-0.2, 0) is 4.74 Å². The fraction of sp³-hybridized carbons (Fsp3) is 0.786. The number of aromatic nitrogens is 3. The van der Waals surface area contributed by atoms with Crippen LogP contribution in [0.25, 0.3) is 0 Å². The summed E-state index contributed by atoms with van der Waals surface area (Å²) in [5.74, 6) is 3.18. The van der Waals surface area contributed by atoms with E-state index in [1.54, 1.807) is 0 Å². The zero-order valence-corrected chi connectivity index (χ0v) is 12.2. The molecule has 0 unspecified atom stereocenters. The lowest BCUT2D eigenvalue weighted by Crippen LogP contribution is -2.38. The molecule has 0 amide bonds. The summed E-state index contributed by atoms with van der Waals surface area (Å²) < 4.78 is 5.37. The maximum absolute atomic E-state index is 5.87. The van der Waals surface area contributed by atoms with Crippen LogP contribution in [0.5, 0.6) is 0 Å². The van der Waals surface area contributed by atoms with Gasteiger partial charge in [-0.1, -0.05) is 0 Å². The van der Waals surface area contributed by atoms with Crippen LogP contribution in [0, 0.1) is 11.8 Å². The topological polar surface area (TPSA) is 89.2 Å². The molecular weight excluding hydrogens is 268 g/mol. The number of nitrogens with zero attached hydrogens (tertiary/aromatic N) is 4. The van der Waals surface area contributed by atoms with Gasteiger partial charge in [0.1, 0.15) is 0 Å². The van der Waals surface area contributed by atoms with E-state index in [9.17, 15) is 0 Å². The van der Waals surface area contributed by atoms with Gasteiger partial charge in [-0.25, -0.2) is 0 Å². The van der Waals surface area contributed by atoms with E-state index in [0.29, 0.717) is 37.1 Å². The summed E-state index contributed by atoms with van der Waals surface area (Å²) in [5.41, 5.74) is 5.87. The van der Waals surface area contributed by atoms with Crippen LogP contribution < -0.4 is 16.0 Å². The van der Waals surface area contributed by atoms with Gasteiger partial charge in [-0.3, -0.25) is 0 Å². The third-order valence-electron chi connectivity index (χ3n) is 4.49. The number of hydrogen-bond acceptors (Lipinski definition) is 7. The first-order chi connectivity index (χ1) is 10.3.